The Morgan fingerprint density at radius 1 is 1.04 bits per heavy atom. The van der Waals surface area contributed by atoms with Crippen molar-refractivity contribution < 1.29 is 19.2 Å². The highest BCUT2D eigenvalue weighted by Crippen LogP contribution is 2.69. The number of hydrogen-bond acceptors (Lipinski definition) is 4. The van der Waals surface area contributed by atoms with Crippen molar-refractivity contribution in [3.8, 4) is 0 Å². The summed E-state index contributed by atoms with van der Waals surface area (Å²) in [6.07, 6.45) is 9.91. The van der Waals surface area contributed by atoms with E-state index in [1.54, 1.807) is 0 Å². The van der Waals surface area contributed by atoms with Crippen LogP contribution in [0.3, 0.4) is 0 Å². The van der Waals surface area contributed by atoms with Gasteiger partial charge in [0.2, 0.25) is 0 Å². The number of ketones is 1. The molecule has 5 rings (SSSR count). The van der Waals surface area contributed by atoms with Gasteiger partial charge in [0, 0.05) is 5.41 Å². The van der Waals surface area contributed by atoms with Gasteiger partial charge in [0.25, 0.3) is 0 Å². The van der Waals surface area contributed by atoms with Gasteiger partial charge in [-0.1, -0.05) is 13.8 Å². The lowest BCUT2D eigenvalue weighted by Gasteiger charge is -2.62. The average Bonchev–Trinajstić information content (AvgIpc) is 2.92. The largest absolute Gasteiger partial charge is 0.454 e. The fourth-order valence-corrected chi connectivity index (χ4v) is 8.58. The quantitative estimate of drug-likeness (QED) is 0.654. The van der Waals surface area contributed by atoms with Crippen molar-refractivity contribution in [1.82, 2.24) is 0 Å². The van der Waals surface area contributed by atoms with E-state index < -0.39 is 5.60 Å². The number of carbonyl (C=O) groups is 1. The van der Waals surface area contributed by atoms with E-state index in [0.717, 1.165) is 38.0 Å². The Morgan fingerprint density at radius 2 is 1.81 bits per heavy atom. The molecule has 5 fully saturated rings. The van der Waals surface area contributed by atoms with Crippen molar-refractivity contribution >= 4 is 12.9 Å². The molecule has 4 saturated carbocycles. The second-order valence-corrected chi connectivity index (χ2v) is 10.8. The first-order valence-electron chi connectivity index (χ1n) is 11.3. The molecule has 1 N–H and O–H groups in total. The first-order chi connectivity index (χ1) is 12.8. The molecular weight excluding hydrogens is 339 g/mol. The Hall–Kier alpha value is -0.385. The highest BCUT2D eigenvalue weighted by atomic mass is 16.6. The lowest BCUT2D eigenvalue weighted by Crippen LogP contribution is -2.63. The number of carbonyl (C=O) groups excluding carboxylic acids is 1. The van der Waals surface area contributed by atoms with Gasteiger partial charge in [-0.3, -0.25) is 4.79 Å². The number of aliphatic hydroxyl groups is 1. The Bertz CT molecular complexity index is 640. The lowest BCUT2D eigenvalue weighted by atomic mass is 9.44. The number of fused-ring (bicyclic) bond motifs is 6. The van der Waals surface area contributed by atoms with Crippen LogP contribution < -0.4 is 0 Å². The molecule has 5 heteroatoms. The Kier molecular flexibility index (Phi) is 4.18. The number of hydrogen-bond donors (Lipinski definition) is 1. The second-order valence-electron chi connectivity index (χ2n) is 10.8. The van der Waals surface area contributed by atoms with Crippen LogP contribution in [0.2, 0.25) is 6.82 Å². The number of Topliss-reactive ketones (excluding diaryl/α,β-unsaturated/α-hetero) is 1. The zero-order valence-corrected chi connectivity index (χ0v) is 17.2. The smallest absolute Gasteiger partial charge is 0.404 e. The lowest BCUT2D eigenvalue weighted by molar-refractivity contribution is -0.177. The van der Waals surface area contributed by atoms with Crippen LogP contribution in [-0.2, 0) is 14.1 Å². The molecule has 0 amide bonds. The van der Waals surface area contributed by atoms with E-state index in [2.05, 4.69) is 13.8 Å². The SMILES string of the molecule is CB1OCC(=O)C2(CCC3C4CCC5CC(O)CCC5(C)C4CCC32C)O1. The van der Waals surface area contributed by atoms with Crippen LogP contribution in [-0.4, -0.2) is 36.3 Å². The Morgan fingerprint density at radius 3 is 2.63 bits per heavy atom. The van der Waals surface area contributed by atoms with Gasteiger partial charge < -0.3 is 14.4 Å². The minimum atomic E-state index is -0.610. The van der Waals surface area contributed by atoms with Gasteiger partial charge in [-0.15, -0.1) is 0 Å². The summed E-state index contributed by atoms with van der Waals surface area (Å²) in [5.41, 5.74) is -0.269. The molecule has 1 aliphatic heterocycles. The Balaban J connectivity index is 1.46. The molecule has 0 aromatic heterocycles. The van der Waals surface area contributed by atoms with Crippen molar-refractivity contribution in [3.63, 3.8) is 0 Å². The van der Waals surface area contributed by atoms with Gasteiger partial charge >= 0.3 is 7.12 Å². The van der Waals surface area contributed by atoms with Crippen molar-refractivity contribution in [2.45, 2.75) is 90.2 Å². The van der Waals surface area contributed by atoms with E-state index in [9.17, 15) is 9.90 Å². The molecule has 27 heavy (non-hydrogen) atoms. The third kappa shape index (κ3) is 2.37. The van der Waals surface area contributed by atoms with Gasteiger partial charge in [-0.2, -0.15) is 0 Å². The van der Waals surface area contributed by atoms with Crippen LogP contribution in [0, 0.1) is 34.5 Å². The van der Waals surface area contributed by atoms with Crippen LogP contribution >= 0.6 is 0 Å². The summed E-state index contributed by atoms with van der Waals surface area (Å²) in [4.78, 5) is 13.0. The van der Waals surface area contributed by atoms with E-state index in [1.165, 1.54) is 25.7 Å². The van der Waals surface area contributed by atoms with Crippen LogP contribution in [0.1, 0.15) is 71.6 Å². The average molecular weight is 374 g/mol. The van der Waals surface area contributed by atoms with Crippen LogP contribution in [0.5, 0.6) is 0 Å². The summed E-state index contributed by atoms with van der Waals surface area (Å²) in [5, 5.41) is 10.2. The second kappa shape index (κ2) is 6.06. The summed E-state index contributed by atoms with van der Waals surface area (Å²) in [6.45, 7) is 7.03. The minimum Gasteiger partial charge on any atom is -0.404 e. The normalized spacial score (nSPS) is 55.2. The Labute approximate surface area is 163 Å². The molecule has 0 radical (unpaired) electrons. The van der Waals surface area contributed by atoms with E-state index >= 15 is 0 Å². The fraction of sp³-hybridized carbons (Fsp3) is 0.955. The molecule has 150 valence electrons. The third-order valence-electron chi connectivity index (χ3n) is 10.0. The summed E-state index contributed by atoms with van der Waals surface area (Å²) in [7, 11) is -0.274. The van der Waals surface area contributed by atoms with Gasteiger partial charge in [0.05, 0.1) is 12.7 Å². The molecule has 1 spiro atoms. The standard InChI is InChI=1S/C22H35BO4/c1-20-9-6-15(24)12-14(20)4-5-16-17(20)7-10-21(2)18(16)8-11-22(21)19(25)13-26-23(3)27-22/h14-18,24H,4-13H2,1-3H3. The van der Waals surface area contributed by atoms with Crippen molar-refractivity contribution in [2.75, 3.05) is 6.61 Å². The monoisotopic (exact) mass is 374 g/mol. The van der Waals surface area contributed by atoms with E-state index in [-0.39, 0.29) is 31.0 Å². The van der Waals surface area contributed by atoms with Gasteiger partial charge in [-0.05, 0) is 93.7 Å². The number of aliphatic hydroxyl groups excluding tert-OH is 1. The van der Waals surface area contributed by atoms with E-state index in [1.807, 2.05) is 6.82 Å². The number of rotatable bonds is 0. The van der Waals surface area contributed by atoms with Crippen molar-refractivity contribution in [3.05, 3.63) is 0 Å². The summed E-state index contributed by atoms with van der Waals surface area (Å²) in [5.74, 6) is 2.93. The van der Waals surface area contributed by atoms with Crippen molar-refractivity contribution in [1.29, 1.82) is 0 Å². The maximum absolute atomic E-state index is 13.0. The third-order valence-corrected chi connectivity index (χ3v) is 10.0. The minimum absolute atomic E-state index is 0.0410. The topological polar surface area (TPSA) is 55.8 Å². The first-order valence-corrected chi connectivity index (χ1v) is 11.3. The zero-order valence-electron chi connectivity index (χ0n) is 17.2. The molecule has 1 heterocycles. The predicted molar refractivity (Wildman–Crippen MR) is 104 cm³/mol. The van der Waals surface area contributed by atoms with Crippen molar-refractivity contribution in [2.24, 2.45) is 34.5 Å². The van der Waals surface area contributed by atoms with Gasteiger partial charge in [0.15, 0.2) is 5.78 Å². The first kappa shape index (κ1) is 18.6. The molecule has 8 unspecified atom stereocenters. The van der Waals surface area contributed by atoms with Crippen LogP contribution in [0.25, 0.3) is 0 Å². The maximum Gasteiger partial charge on any atom is 0.454 e. The van der Waals surface area contributed by atoms with E-state index in [4.69, 9.17) is 9.31 Å². The molecule has 0 aromatic carbocycles. The molecule has 4 aliphatic carbocycles. The molecule has 0 aromatic rings. The fourth-order valence-electron chi connectivity index (χ4n) is 8.58. The molecular formula is C22H35BO4. The van der Waals surface area contributed by atoms with E-state index in [0.29, 0.717) is 23.2 Å². The molecule has 8 atom stereocenters. The zero-order chi connectivity index (χ0) is 19.0. The van der Waals surface area contributed by atoms with Gasteiger partial charge in [-0.25, -0.2) is 0 Å². The maximum atomic E-state index is 13.0. The molecule has 5 aliphatic rings. The highest BCUT2D eigenvalue weighted by molar-refractivity contribution is 6.44. The summed E-state index contributed by atoms with van der Waals surface area (Å²) in [6, 6.07) is 0. The van der Waals surface area contributed by atoms with Crippen LogP contribution in [0.4, 0.5) is 0 Å². The molecule has 4 nitrogen and oxygen atoms in total. The molecule has 1 saturated heterocycles. The predicted octanol–water partition coefficient (Wildman–Crippen LogP) is 3.86. The highest BCUT2D eigenvalue weighted by Gasteiger charge is 2.68. The van der Waals surface area contributed by atoms with Crippen LogP contribution in [0.15, 0.2) is 0 Å². The summed E-state index contributed by atoms with van der Waals surface area (Å²) < 4.78 is 11.8. The van der Waals surface area contributed by atoms with Gasteiger partial charge in [0.1, 0.15) is 5.60 Å². The molecule has 0 bridgehead atoms. The summed E-state index contributed by atoms with van der Waals surface area (Å²) >= 11 is 0.